The van der Waals surface area contributed by atoms with Crippen molar-refractivity contribution in [1.82, 2.24) is 15.0 Å². The summed E-state index contributed by atoms with van der Waals surface area (Å²) in [5.41, 5.74) is 17.0. The predicted molar refractivity (Wildman–Crippen MR) is 222 cm³/mol. The summed E-state index contributed by atoms with van der Waals surface area (Å²) in [5.74, 6) is 3.57. The second-order valence-corrected chi connectivity index (χ2v) is 15.7. The van der Waals surface area contributed by atoms with Crippen LogP contribution in [0.1, 0.15) is 85.4 Å². The zero-order valence-corrected chi connectivity index (χ0v) is 32.8. The van der Waals surface area contributed by atoms with Gasteiger partial charge in [-0.15, -0.1) is 0 Å². The molecule has 3 heteroatoms. The van der Waals surface area contributed by atoms with Crippen LogP contribution in [0.25, 0.3) is 56.4 Å². The van der Waals surface area contributed by atoms with E-state index in [4.69, 9.17) is 15.0 Å². The summed E-state index contributed by atoms with van der Waals surface area (Å²) in [7, 11) is 0. The van der Waals surface area contributed by atoms with Gasteiger partial charge in [-0.2, -0.15) is 0 Å². The molecule has 266 valence electrons. The van der Waals surface area contributed by atoms with Gasteiger partial charge >= 0.3 is 0 Å². The summed E-state index contributed by atoms with van der Waals surface area (Å²) in [6, 6.07) is 35.3. The highest BCUT2D eigenvalue weighted by Crippen LogP contribution is 2.33. The zero-order chi connectivity index (χ0) is 36.9. The van der Waals surface area contributed by atoms with Gasteiger partial charge in [-0.3, -0.25) is 0 Å². The summed E-state index contributed by atoms with van der Waals surface area (Å²) in [4.78, 5) is 15.2. The van der Waals surface area contributed by atoms with Crippen molar-refractivity contribution in [3.8, 4) is 56.4 Å². The molecule has 1 heterocycles. The highest BCUT2D eigenvalue weighted by Gasteiger charge is 2.15. The lowest BCUT2D eigenvalue weighted by atomic mass is 9.93. The minimum atomic E-state index is 0.678. The van der Waals surface area contributed by atoms with E-state index < -0.39 is 0 Å². The quantitative estimate of drug-likeness (QED) is 0.129. The smallest absolute Gasteiger partial charge is 0.164 e. The van der Waals surface area contributed by atoms with Crippen molar-refractivity contribution in [1.29, 1.82) is 0 Å². The van der Waals surface area contributed by atoms with Crippen molar-refractivity contribution < 1.29 is 0 Å². The summed E-state index contributed by atoms with van der Waals surface area (Å²) >= 11 is 0. The van der Waals surface area contributed by atoms with Crippen LogP contribution < -0.4 is 0 Å². The van der Waals surface area contributed by atoms with Crippen LogP contribution in [0.15, 0.2) is 97.1 Å². The SMILES string of the molecule is Cc1cc(C)c(-c2ccc(-c3nc(-c4ccc(CCC(C)CCCC(C)C)cc4)nc(-c4ccc(-c5c(C)cc(C)cc5C)cc4)n3)cc2)c(C)c1. The summed E-state index contributed by atoms with van der Waals surface area (Å²) < 4.78 is 0. The van der Waals surface area contributed by atoms with Crippen molar-refractivity contribution >= 4 is 0 Å². The third kappa shape index (κ3) is 8.76. The normalized spacial score (nSPS) is 12.0. The average molecular weight is 686 g/mol. The van der Waals surface area contributed by atoms with E-state index in [1.165, 1.54) is 86.9 Å². The van der Waals surface area contributed by atoms with E-state index in [1.807, 2.05) is 0 Å². The van der Waals surface area contributed by atoms with Gasteiger partial charge in [0.25, 0.3) is 0 Å². The molecule has 0 saturated heterocycles. The number of aromatic nitrogens is 3. The third-order valence-corrected chi connectivity index (χ3v) is 10.5. The number of aryl methyl sites for hydroxylation is 7. The fourth-order valence-corrected chi connectivity index (χ4v) is 7.86. The van der Waals surface area contributed by atoms with Crippen LogP contribution in [0.4, 0.5) is 0 Å². The molecule has 0 bridgehead atoms. The van der Waals surface area contributed by atoms with Crippen LogP contribution in [0.5, 0.6) is 0 Å². The number of benzene rings is 5. The number of hydrogen-bond donors (Lipinski definition) is 0. The second-order valence-electron chi connectivity index (χ2n) is 15.7. The first-order valence-electron chi connectivity index (χ1n) is 19.2. The van der Waals surface area contributed by atoms with Gasteiger partial charge in [0.1, 0.15) is 0 Å². The maximum atomic E-state index is 5.08. The van der Waals surface area contributed by atoms with E-state index in [1.54, 1.807) is 0 Å². The van der Waals surface area contributed by atoms with Crippen LogP contribution >= 0.6 is 0 Å². The molecule has 5 aromatic carbocycles. The molecule has 6 aromatic rings. The maximum absolute atomic E-state index is 5.08. The molecule has 52 heavy (non-hydrogen) atoms. The molecule has 0 fully saturated rings. The maximum Gasteiger partial charge on any atom is 0.164 e. The first-order chi connectivity index (χ1) is 24.9. The monoisotopic (exact) mass is 685 g/mol. The average Bonchev–Trinajstić information content (AvgIpc) is 3.10. The van der Waals surface area contributed by atoms with E-state index in [0.717, 1.165) is 34.9 Å². The molecule has 1 atom stereocenters. The zero-order valence-electron chi connectivity index (χ0n) is 32.8. The standard InChI is InChI=1S/C49H55N3/c1-31(2)11-10-12-32(3)13-14-39-15-17-42(18-16-39)47-50-48(43-23-19-40(20-24-43)45-35(6)27-33(4)28-36(45)7)52-49(51-47)44-25-21-41(22-26-44)46-37(8)29-34(5)30-38(46)9/h15-32H,10-14H2,1-9H3. The molecule has 0 aliphatic rings. The Labute approximate surface area is 312 Å². The van der Waals surface area contributed by atoms with Crippen LogP contribution in [-0.2, 0) is 6.42 Å². The lowest BCUT2D eigenvalue weighted by molar-refractivity contribution is 0.437. The molecular formula is C49H55N3. The fraction of sp³-hybridized carbons (Fsp3) is 0.327. The van der Waals surface area contributed by atoms with E-state index in [0.29, 0.717) is 17.5 Å². The molecule has 0 amide bonds. The Bertz CT molecular complexity index is 1970. The number of nitrogens with zero attached hydrogens (tertiary/aromatic N) is 3. The molecule has 1 unspecified atom stereocenters. The molecule has 0 aliphatic carbocycles. The lowest BCUT2D eigenvalue weighted by Gasteiger charge is -2.14. The molecule has 0 spiro atoms. The molecule has 0 radical (unpaired) electrons. The van der Waals surface area contributed by atoms with Crippen LogP contribution in [0.2, 0.25) is 0 Å². The third-order valence-electron chi connectivity index (χ3n) is 10.5. The summed E-state index contributed by atoms with van der Waals surface area (Å²) in [5, 5.41) is 0. The van der Waals surface area contributed by atoms with E-state index in [9.17, 15) is 0 Å². The Morgan fingerprint density at radius 2 is 0.769 bits per heavy atom. The Kier molecular flexibility index (Phi) is 11.5. The van der Waals surface area contributed by atoms with Crippen molar-refractivity contribution in [2.75, 3.05) is 0 Å². The van der Waals surface area contributed by atoms with E-state index in [2.05, 4.69) is 159 Å². The fourth-order valence-electron chi connectivity index (χ4n) is 7.86. The van der Waals surface area contributed by atoms with E-state index in [-0.39, 0.29) is 0 Å². The lowest BCUT2D eigenvalue weighted by Crippen LogP contribution is -2.01. The van der Waals surface area contributed by atoms with Gasteiger partial charge in [0.2, 0.25) is 0 Å². The van der Waals surface area contributed by atoms with E-state index >= 15 is 0 Å². The molecular weight excluding hydrogens is 631 g/mol. The van der Waals surface area contributed by atoms with Gasteiger partial charge in [0, 0.05) is 16.7 Å². The largest absolute Gasteiger partial charge is 0.208 e. The van der Waals surface area contributed by atoms with Crippen molar-refractivity contribution in [3.05, 3.63) is 136 Å². The molecule has 6 rings (SSSR count). The van der Waals surface area contributed by atoms with Gasteiger partial charge in [-0.05, 0) is 116 Å². The van der Waals surface area contributed by atoms with Crippen molar-refractivity contribution in [2.45, 2.75) is 94.4 Å². The van der Waals surface area contributed by atoms with Gasteiger partial charge in [0.05, 0.1) is 0 Å². The first kappa shape index (κ1) is 36.9. The van der Waals surface area contributed by atoms with Gasteiger partial charge < -0.3 is 0 Å². The van der Waals surface area contributed by atoms with Crippen molar-refractivity contribution in [3.63, 3.8) is 0 Å². The number of hydrogen-bond acceptors (Lipinski definition) is 3. The van der Waals surface area contributed by atoms with Gasteiger partial charge in [-0.25, -0.2) is 15.0 Å². The summed E-state index contributed by atoms with van der Waals surface area (Å²) in [6.07, 6.45) is 6.26. The predicted octanol–water partition coefficient (Wildman–Crippen LogP) is 13.5. The highest BCUT2D eigenvalue weighted by molar-refractivity contribution is 5.76. The van der Waals surface area contributed by atoms with Crippen LogP contribution in [0.3, 0.4) is 0 Å². The number of rotatable bonds is 12. The van der Waals surface area contributed by atoms with Gasteiger partial charge in [-0.1, -0.05) is 148 Å². The van der Waals surface area contributed by atoms with Crippen LogP contribution in [0, 0.1) is 53.4 Å². The summed E-state index contributed by atoms with van der Waals surface area (Å²) in [6.45, 7) is 20.1. The van der Waals surface area contributed by atoms with Crippen LogP contribution in [-0.4, -0.2) is 15.0 Å². The second kappa shape index (κ2) is 16.2. The molecule has 0 saturated carbocycles. The molecule has 0 aliphatic heterocycles. The topological polar surface area (TPSA) is 38.7 Å². The minimum absolute atomic E-state index is 0.678. The Hall–Kier alpha value is -4.89. The molecule has 3 nitrogen and oxygen atoms in total. The van der Waals surface area contributed by atoms with Gasteiger partial charge in [0.15, 0.2) is 17.5 Å². The Balaban J connectivity index is 1.33. The Morgan fingerprint density at radius 3 is 1.13 bits per heavy atom. The highest BCUT2D eigenvalue weighted by atomic mass is 15.0. The Morgan fingerprint density at radius 1 is 0.423 bits per heavy atom. The minimum Gasteiger partial charge on any atom is -0.208 e. The molecule has 0 N–H and O–H groups in total. The van der Waals surface area contributed by atoms with Crippen molar-refractivity contribution in [2.24, 2.45) is 11.8 Å². The first-order valence-corrected chi connectivity index (χ1v) is 19.2. The molecule has 1 aromatic heterocycles.